The highest BCUT2D eigenvalue weighted by Crippen LogP contribution is 2.56. The number of hydrogen-bond donors (Lipinski definition) is 0. The standard InChI is InChI=1S/C17H17NO4/c1-22-17(21)11-4-2-3-5-12(11)18-15(19)13-9-6-7-10(8-9)14(13)16(18)20/h2-5,9-10,13-14H,6-8H2,1H3/t9-,10+,13-,14-/m0/s1. The van der Waals surface area contributed by atoms with Crippen molar-refractivity contribution in [3.8, 4) is 0 Å². The number of anilines is 1. The summed E-state index contributed by atoms with van der Waals surface area (Å²) >= 11 is 0. The molecule has 3 aliphatic rings. The van der Waals surface area contributed by atoms with Gasteiger partial charge in [-0.05, 0) is 43.2 Å². The van der Waals surface area contributed by atoms with Crippen LogP contribution in [0.3, 0.4) is 0 Å². The summed E-state index contributed by atoms with van der Waals surface area (Å²) in [6.07, 6.45) is 3.08. The fraction of sp³-hybridized carbons (Fsp3) is 0.471. The van der Waals surface area contributed by atoms with Crippen LogP contribution in [0, 0.1) is 23.7 Å². The van der Waals surface area contributed by atoms with E-state index in [9.17, 15) is 14.4 Å². The maximum absolute atomic E-state index is 12.8. The first kappa shape index (κ1) is 13.5. The number of methoxy groups -OCH3 is 1. The van der Waals surface area contributed by atoms with Crippen molar-refractivity contribution in [2.75, 3.05) is 12.0 Å². The van der Waals surface area contributed by atoms with E-state index < -0.39 is 5.97 Å². The number of amides is 2. The van der Waals surface area contributed by atoms with Gasteiger partial charge in [-0.15, -0.1) is 0 Å². The van der Waals surface area contributed by atoms with Crippen molar-refractivity contribution < 1.29 is 19.1 Å². The summed E-state index contributed by atoms with van der Waals surface area (Å²) in [4.78, 5) is 38.8. The van der Waals surface area contributed by atoms with E-state index in [1.54, 1.807) is 24.3 Å². The number of imide groups is 1. The maximum atomic E-state index is 12.8. The molecule has 2 amide bonds. The predicted octanol–water partition coefficient (Wildman–Crippen LogP) is 2.01. The first-order valence-corrected chi connectivity index (χ1v) is 7.68. The van der Waals surface area contributed by atoms with Gasteiger partial charge in [0.1, 0.15) is 0 Å². The third-order valence-corrected chi connectivity index (χ3v) is 5.48. The average Bonchev–Trinajstić information content (AvgIpc) is 3.21. The van der Waals surface area contributed by atoms with E-state index >= 15 is 0 Å². The molecule has 0 unspecified atom stereocenters. The Morgan fingerprint density at radius 2 is 1.68 bits per heavy atom. The van der Waals surface area contributed by atoms with Crippen LogP contribution in [0.2, 0.25) is 0 Å². The maximum Gasteiger partial charge on any atom is 0.339 e. The van der Waals surface area contributed by atoms with Crippen molar-refractivity contribution >= 4 is 23.5 Å². The van der Waals surface area contributed by atoms with Crippen LogP contribution in [-0.2, 0) is 14.3 Å². The van der Waals surface area contributed by atoms with Gasteiger partial charge >= 0.3 is 5.97 Å². The largest absolute Gasteiger partial charge is 0.465 e. The van der Waals surface area contributed by atoms with Gasteiger partial charge in [0.05, 0.1) is 30.2 Å². The van der Waals surface area contributed by atoms with E-state index in [1.807, 2.05) is 0 Å². The third kappa shape index (κ3) is 1.62. The first-order chi connectivity index (χ1) is 10.6. The van der Waals surface area contributed by atoms with Gasteiger partial charge in [-0.25, -0.2) is 9.69 Å². The van der Waals surface area contributed by atoms with Crippen molar-refractivity contribution in [2.24, 2.45) is 23.7 Å². The molecule has 0 N–H and O–H groups in total. The van der Waals surface area contributed by atoms with E-state index in [0.29, 0.717) is 17.5 Å². The van der Waals surface area contributed by atoms with Crippen LogP contribution in [0.5, 0.6) is 0 Å². The zero-order valence-electron chi connectivity index (χ0n) is 12.3. The summed E-state index contributed by atoms with van der Waals surface area (Å²) in [5.41, 5.74) is 0.622. The Balaban J connectivity index is 1.77. The van der Waals surface area contributed by atoms with Gasteiger partial charge in [0.15, 0.2) is 0 Å². The molecule has 2 bridgehead atoms. The van der Waals surface area contributed by atoms with Crippen LogP contribution in [0.25, 0.3) is 0 Å². The second kappa shape index (κ2) is 4.66. The summed E-state index contributed by atoms with van der Waals surface area (Å²) in [7, 11) is 1.29. The van der Waals surface area contributed by atoms with E-state index in [2.05, 4.69) is 0 Å². The number of fused-ring (bicyclic) bond motifs is 5. The summed E-state index contributed by atoms with van der Waals surface area (Å²) in [6.45, 7) is 0. The summed E-state index contributed by atoms with van der Waals surface area (Å²) in [6, 6.07) is 6.66. The molecule has 1 aliphatic heterocycles. The SMILES string of the molecule is COC(=O)c1ccccc1N1C(=O)[C@H]2[C@@H]3CC[C@@H](C3)[C@@H]2C1=O. The molecule has 1 aromatic rings. The lowest BCUT2D eigenvalue weighted by Crippen LogP contribution is -2.34. The molecule has 4 atom stereocenters. The Bertz CT molecular complexity index is 655. The molecule has 5 heteroatoms. The molecule has 5 nitrogen and oxygen atoms in total. The lowest BCUT2D eigenvalue weighted by atomic mass is 9.81. The Kier molecular flexibility index (Phi) is 2.86. The van der Waals surface area contributed by atoms with Crippen LogP contribution >= 0.6 is 0 Å². The normalized spacial score (nSPS) is 32.5. The van der Waals surface area contributed by atoms with Gasteiger partial charge in [-0.2, -0.15) is 0 Å². The molecule has 4 rings (SSSR count). The van der Waals surface area contributed by atoms with Crippen LogP contribution < -0.4 is 4.90 Å². The monoisotopic (exact) mass is 299 g/mol. The number of esters is 1. The zero-order chi connectivity index (χ0) is 15.4. The number of nitrogens with zero attached hydrogens (tertiary/aromatic N) is 1. The first-order valence-electron chi connectivity index (χ1n) is 7.68. The lowest BCUT2D eigenvalue weighted by Gasteiger charge is -2.19. The second-order valence-corrected chi connectivity index (χ2v) is 6.41. The molecule has 1 heterocycles. The molecule has 2 saturated carbocycles. The minimum Gasteiger partial charge on any atom is -0.465 e. The number of ether oxygens (including phenoxy) is 1. The lowest BCUT2D eigenvalue weighted by molar-refractivity contribution is -0.123. The number of para-hydroxylation sites is 1. The Morgan fingerprint density at radius 1 is 1.09 bits per heavy atom. The highest BCUT2D eigenvalue weighted by Gasteiger charge is 2.61. The molecule has 0 aromatic heterocycles. The van der Waals surface area contributed by atoms with Crippen LogP contribution in [0.15, 0.2) is 24.3 Å². The van der Waals surface area contributed by atoms with Crippen LogP contribution in [-0.4, -0.2) is 24.9 Å². The summed E-state index contributed by atoms with van der Waals surface area (Å²) in [5, 5.41) is 0. The van der Waals surface area contributed by atoms with Crippen molar-refractivity contribution in [1.29, 1.82) is 0 Å². The number of benzene rings is 1. The molecule has 0 radical (unpaired) electrons. The minimum absolute atomic E-state index is 0.140. The fourth-order valence-corrected chi connectivity index (χ4v) is 4.60. The highest BCUT2D eigenvalue weighted by atomic mass is 16.5. The molecule has 3 fully saturated rings. The summed E-state index contributed by atoms with van der Waals surface area (Å²) < 4.78 is 4.77. The van der Waals surface area contributed by atoms with Gasteiger partial charge < -0.3 is 4.74 Å². The van der Waals surface area contributed by atoms with E-state index in [-0.39, 0.29) is 29.2 Å². The Hall–Kier alpha value is -2.17. The molecular formula is C17H17NO4. The van der Waals surface area contributed by atoms with E-state index in [1.165, 1.54) is 12.0 Å². The van der Waals surface area contributed by atoms with Gasteiger partial charge in [0.2, 0.25) is 11.8 Å². The average molecular weight is 299 g/mol. The zero-order valence-corrected chi connectivity index (χ0v) is 12.3. The molecule has 0 spiro atoms. The summed E-state index contributed by atoms with van der Waals surface area (Å²) in [5.74, 6) is -0.509. The smallest absolute Gasteiger partial charge is 0.339 e. The van der Waals surface area contributed by atoms with Crippen molar-refractivity contribution in [1.82, 2.24) is 0 Å². The van der Waals surface area contributed by atoms with Gasteiger partial charge in [-0.3, -0.25) is 9.59 Å². The van der Waals surface area contributed by atoms with Crippen molar-refractivity contribution in [3.63, 3.8) is 0 Å². The second-order valence-electron chi connectivity index (χ2n) is 6.41. The number of hydrogen-bond acceptors (Lipinski definition) is 4. The van der Waals surface area contributed by atoms with Crippen molar-refractivity contribution in [3.05, 3.63) is 29.8 Å². The number of rotatable bonds is 2. The molecule has 1 aromatic carbocycles. The molecule has 1 saturated heterocycles. The Labute approximate surface area is 128 Å². The molecule has 22 heavy (non-hydrogen) atoms. The third-order valence-electron chi connectivity index (χ3n) is 5.48. The van der Waals surface area contributed by atoms with E-state index in [4.69, 9.17) is 4.74 Å². The van der Waals surface area contributed by atoms with Crippen molar-refractivity contribution in [2.45, 2.75) is 19.3 Å². The molecule has 114 valence electrons. The minimum atomic E-state index is -0.531. The number of carbonyl (C=O) groups is 3. The highest BCUT2D eigenvalue weighted by molar-refractivity contribution is 6.24. The van der Waals surface area contributed by atoms with Crippen LogP contribution in [0.4, 0.5) is 5.69 Å². The predicted molar refractivity (Wildman–Crippen MR) is 78.1 cm³/mol. The van der Waals surface area contributed by atoms with Gasteiger partial charge in [-0.1, -0.05) is 12.1 Å². The number of carbonyl (C=O) groups excluding carboxylic acids is 3. The van der Waals surface area contributed by atoms with E-state index in [0.717, 1.165) is 19.3 Å². The fourth-order valence-electron chi connectivity index (χ4n) is 4.60. The molecule has 2 aliphatic carbocycles. The molecular weight excluding hydrogens is 282 g/mol. The van der Waals surface area contributed by atoms with Crippen LogP contribution in [0.1, 0.15) is 29.6 Å². The van der Waals surface area contributed by atoms with Gasteiger partial charge in [0.25, 0.3) is 0 Å². The quantitative estimate of drug-likeness (QED) is 0.619. The Morgan fingerprint density at radius 3 is 2.27 bits per heavy atom. The van der Waals surface area contributed by atoms with Gasteiger partial charge in [0, 0.05) is 0 Å². The topological polar surface area (TPSA) is 63.7 Å².